The molecule has 0 bridgehead atoms. The van der Waals surface area contributed by atoms with E-state index in [1.807, 2.05) is 6.20 Å². The van der Waals surface area contributed by atoms with Crippen molar-refractivity contribution in [3.8, 4) is 0 Å². The lowest BCUT2D eigenvalue weighted by atomic mass is 9.90. The molecule has 33 heavy (non-hydrogen) atoms. The summed E-state index contributed by atoms with van der Waals surface area (Å²) in [5.74, 6) is 1.27. The molecular weight excluding hydrogens is 408 g/mol. The topological polar surface area (TPSA) is 39.9 Å². The van der Waals surface area contributed by atoms with E-state index < -0.39 is 0 Å². The smallest absolute Gasteiger partial charge is 0.138 e. The van der Waals surface area contributed by atoms with Crippen LogP contribution in [0.25, 0.3) is 5.65 Å². The van der Waals surface area contributed by atoms with Crippen LogP contribution in [0.2, 0.25) is 0 Å². The minimum absolute atomic E-state index is 0.393. The highest BCUT2D eigenvalue weighted by Crippen LogP contribution is 2.34. The fourth-order valence-corrected chi connectivity index (χ4v) is 5.77. The second-order valence-corrected chi connectivity index (χ2v) is 9.95. The summed E-state index contributed by atoms with van der Waals surface area (Å²) in [5.41, 5.74) is 4.91. The molecule has 3 aromatic heterocycles. The summed E-state index contributed by atoms with van der Waals surface area (Å²) in [4.78, 5) is 17.4. The highest BCUT2D eigenvalue weighted by molar-refractivity contribution is 5.53. The summed E-state index contributed by atoms with van der Waals surface area (Å²) in [6.45, 7) is 6.41. The number of hydrogen-bond acceptors (Lipinski definition) is 5. The molecule has 1 fully saturated rings. The lowest BCUT2D eigenvalue weighted by Gasteiger charge is -2.36. The summed E-state index contributed by atoms with van der Waals surface area (Å²) in [5, 5.41) is 0. The van der Waals surface area contributed by atoms with E-state index in [4.69, 9.17) is 9.97 Å². The standard InChI is InChI=1S/C27H38N6/c1-4-16-32(24-10-5-8-21-9-7-15-28-27(21)24)19-22-20-33-25(29-22)11-6-12-26(33)31-17-13-23(14-18-31)30(2)3/h6-7,9,11-12,15,20,23-24H,4-5,8,10,13-14,16-19H2,1-3H3. The molecule has 2 aliphatic rings. The molecule has 6 nitrogen and oxygen atoms in total. The van der Waals surface area contributed by atoms with Gasteiger partial charge in [0.2, 0.25) is 0 Å². The van der Waals surface area contributed by atoms with Crippen LogP contribution in [0.15, 0.2) is 42.7 Å². The van der Waals surface area contributed by atoms with E-state index in [-0.39, 0.29) is 0 Å². The van der Waals surface area contributed by atoms with Crippen LogP contribution in [0.4, 0.5) is 5.82 Å². The molecule has 1 aliphatic carbocycles. The van der Waals surface area contributed by atoms with Crippen LogP contribution in [0.3, 0.4) is 0 Å². The molecular formula is C27H38N6. The summed E-state index contributed by atoms with van der Waals surface area (Å²) < 4.78 is 2.31. The Bertz CT molecular complexity index is 1070. The van der Waals surface area contributed by atoms with Gasteiger partial charge in [0.15, 0.2) is 0 Å². The maximum Gasteiger partial charge on any atom is 0.138 e. The fourth-order valence-electron chi connectivity index (χ4n) is 5.77. The van der Waals surface area contributed by atoms with E-state index in [2.05, 4.69) is 76.6 Å². The number of nitrogens with zero attached hydrogens (tertiary/aromatic N) is 6. The monoisotopic (exact) mass is 446 g/mol. The largest absolute Gasteiger partial charge is 0.358 e. The van der Waals surface area contributed by atoms with Crippen LogP contribution in [-0.2, 0) is 13.0 Å². The van der Waals surface area contributed by atoms with Crippen molar-refractivity contribution in [2.75, 3.05) is 38.6 Å². The first-order valence-electron chi connectivity index (χ1n) is 12.7. The van der Waals surface area contributed by atoms with E-state index in [0.717, 1.165) is 50.4 Å². The van der Waals surface area contributed by atoms with Gasteiger partial charge in [-0.25, -0.2) is 4.98 Å². The van der Waals surface area contributed by atoms with Gasteiger partial charge in [0.25, 0.3) is 0 Å². The zero-order valence-electron chi connectivity index (χ0n) is 20.5. The number of pyridine rings is 2. The maximum absolute atomic E-state index is 5.05. The number of rotatable bonds is 7. The lowest BCUT2D eigenvalue weighted by Crippen LogP contribution is -2.42. The second kappa shape index (κ2) is 9.82. The Morgan fingerprint density at radius 1 is 1.06 bits per heavy atom. The molecule has 0 aromatic carbocycles. The third-order valence-electron chi connectivity index (χ3n) is 7.52. The molecule has 0 N–H and O–H groups in total. The quantitative estimate of drug-likeness (QED) is 0.533. The predicted octanol–water partition coefficient (Wildman–Crippen LogP) is 4.55. The molecule has 0 spiro atoms. The third kappa shape index (κ3) is 4.64. The Morgan fingerprint density at radius 2 is 1.91 bits per heavy atom. The lowest BCUT2D eigenvalue weighted by molar-refractivity contribution is 0.164. The van der Waals surface area contributed by atoms with Crippen molar-refractivity contribution in [3.05, 3.63) is 59.7 Å². The van der Waals surface area contributed by atoms with Crippen LogP contribution in [0.1, 0.15) is 62.0 Å². The first-order chi connectivity index (χ1) is 16.1. The van der Waals surface area contributed by atoms with Gasteiger partial charge in [0, 0.05) is 38.1 Å². The Balaban J connectivity index is 1.38. The maximum atomic E-state index is 5.05. The molecule has 1 atom stereocenters. The molecule has 1 unspecified atom stereocenters. The van der Waals surface area contributed by atoms with Crippen LogP contribution in [0.5, 0.6) is 0 Å². The van der Waals surface area contributed by atoms with Gasteiger partial charge in [0.1, 0.15) is 11.5 Å². The van der Waals surface area contributed by atoms with Crippen molar-refractivity contribution in [1.82, 2.24) is 24.2 Å². The third-order valence-corrected chi connectivity index (χ3v) is 7.52. The van der Waals surface area contributed by atoms with Gasteiger partial charge in [-0.2, -0.15) is 0 Å². The zero-order valence-corrected chi connectivity index (χ0v) is 20.5. The minimum Gasteiger partial charge on any atom is -0.358 e. The van der Waals surface area contributed by atoms with E-state index in [1.54, 1.807) is 0 Å². The van der Waals surface area contributed by atoms with Gasteiger partial charge >= 0.3 is 0 Å². The molecule has 4 heterocycles. The highest BCUT2D eigenvalue weighted by atomic mass is 15.3. The van der Waals surface area contributed by atoms with E-state index in [0.29, 0.717) is 12.1 Å². The number of anilines is 1. The van der Waals surface area contributed by atoms with Crippen molar-refractivity contribution in [2.45, 2.75) is 64.1 Å². The highest BCUT2D eigenvalue weighted by Gasteiger charge is 2.28. The number of imidazole rings is 1. The van der Waals surface area contributed by atoms with Crippen LogP contribution in [0, 0.1) is 0 Å². The number of hydrogen-bond donors (Lipinski definition) is 0. The first kappa shape index (κ1) is 22.4. The van der Waals surface area contributed by atoms with Gasteiger partial charge in [0.05, 0.1) is 17.4 Å². The van der Waals surface area contributed by atoms with E-state index in [1.165, 1.54) is 42.8 Å². The first-order valence-corrected chi connectivity index (χ1v) is 12.7. The molecule has 0 amide bonds. The van der Waals surface area contributed by atoms with Crippen LogP contribution < -0.4 is 4.90 Å². The number of aromatic nitrogens is 3. The molecule has 3 aromatic rings. The Hall–Kier alpha value is -2.44. The second-order valence-electron chi connectivity index (χ2n) is 9.95. The van der Waals surface area contributed by atoms with Crippen molar-refractivity contribution < 1.29 is 0 Å². The Labute approximate surface area is 198 Å². The summed E-state index contributed by atoms with van der Waals surface area (Å²) in [6.07, 6.45) is 11.4. The van der Waals surface area contributed by atoms with Gasteiger partial charge in [-0.1, -0.05) is 19.1 Å². The fraction of sp³-hybridized carbons (Fsp3) is 0.556. The van der Waals surface area contributed by atoms with E-state index in [9.17, 15) is 0 Å². The molecule has 1 aliphatic heterocycles. The summed E-state index contributed by atoms with van der Waals surface area (Å²) in [6, 6.07) is 12.0. The van der Waals surface area contributed by atoms with Crippen molar-refractivity contribution in [1.29, 1.82) is 0 Å². The minimum atomic E-state index is 0.393. The van der Waals surface area contributed by atoms with Gasteiger partial charge in [-0.15, -0.1) is 0 Å². The predicted molar refractivity (Wildman–Crippen MR) is 135 cm³/mol. The van der Waals surface area contributed by atoms with Crippen molar-refractivity contribution in [3.63, 3.8) is 0 Å². The van der Waals surface area contributed by atoms with Gasteiger partial charge < -0.3 is 9.80 Å². The SMILES string of the molecule is CCCN(Cc1cn2c(N3CCC(N(C)C)CC3)cccc2n1)C1CCCc2cccnc21. The molecule has 1 saturated heterocycles. The van der Waals surface area contributed by atoms with Crippen molar-refractivity contribution >= 4 is 11.5 Å². The number of fused-ring (bicyclic) bond motifs is 2. The van der Waals surface area contributed by atoms with Gasteiger partial charge in [-0.05, 0) is 82.9 Å². The molecule has 0 radical (unpaired) electrons. The normalized spacial score (nSPS) is 19.5. The van der Waals surface area contributed by atoms with Crippen molar-refractivity contribution in [2.24, 2.45) is 0 Å². The molecule has 176 valence electrons. The summed E-state index contributed by atoms with van der Waals surface area (Å²) in [7, 11) is 4.40. The van der Waals surface area contributed by atoms with E-state index >= 15 is 0 Å². The average molecular weight is 447 g/mol. The van der Waals surface area contributed by atoms with Crippen LogP contribution >= 0.6 is 0 Å². The van der Waals surface area contributed by atoms with Gasteiger partial charge in [-0.3, -0.25) is 14.3 Å². The molecule has 5 rings (SSSR count). The molecule has 6 heteroatoms. The zero-order chi connectivity index (χ0) is 22.8. The summed E-state index contributed by atoms with van der Waals surface area (Å²) >= 11 is 0. The Morgan fingerprint density at radius 3 is 2.70 bits per heavy atom. The molecule has 0 saturated carbocycles. The average Bonchev–Trinajstić information content (AvgIpc) is 3.26. The number of aryl methyl sites for hydroxylation is 1. The number of piperidine rings is 1. The Kier molecular flexibility index (Phi) is 6.65. The van der Waals surface area contributed by atoms with Crippen LogP contribution in [-0.4, -0.2) is 63.9 Å².